The second-order valence-corrected chi connectivity index (χ2v) is 11.3. The first-order chi connectivity index (χ1) is 19.7. The molecule has 1 unspecified atom stereocenters. The van der Waals surface area contributed by atoms with Gasteiger partial charge in [0.1, 0.15) is 5.70 Å². The van der Waals surface area contributed by atoms with Crippen molar-refractivity contribution in [3.8, 4) is 0 Å². The van der Waals surface area contributed by atoms with Crippen molar-refractivity contribution in [2.24, 2.45) is 0 Å². The molecule has 0 saturated carbocycles. The fourth-order valence-electron chi connectivity index (χ4n) is 3.88. The molecule has 4 aromatic carbocycles. The third kappa shape index (κ3) is 8.33. The molecule has 0 aliphatic heterocycles. The lowest BCUT2D eigenvalue weighted by Crippen LogP contribution is -2.30. The molecule has 3 N–H and O–H groups in total. The van der Waals surface area contributed by atoms with Crippen molar-refractivity contribution in [1.82, 2.24) is 5.32 Å². The van der Waals surface area contributed by atoms with Crippen LogP contribution in [0.4, 0.5) is 11.4 Å². The molecule has 208 valence electrons. The number of aryl methyl sites for hydroxylation is 2. The first-order valence-electron chi connectivity index (χ1n) is 13.0. The van der Waals surface area contributed by atoms with E-state index in [9.17, 15) is 14.4 Å². The molecule has 0 aromatic heterocycles. The van der Waals surface area contributed by atoms with E-state index >= 15 is 0 Å². The van der Waals surface area contributed by atoms with Gasteiger partial charge in [-0.05, 0) is 92.1 Å². The minimum Gasteiger partial charge on any atom is -0.325 e. The second-order valence-electron chi connectivity index (χ2n) is 9.42. The van der Waals surface area contributed by atoms with Gasteiger partial charge in [0.15, 0.2) is 0 Å². The molecular weight excluding hydrogens is 554 g/mol. The summed E-state index contributed by atoms with van der Waals surface area (Å²) in [5.74, 6) is -0.979. The number of benzene rings is 4. The molecule has 41 heavy (non-hydrogen) atoms. The number of carbonyl (C=O) groups excluding carboxylic acids is 3. The summed E-state index contributed by atoms with van der Waals surface area (Å²) in [6.07, 6.45) is 1.66. The van der Waals surface area contributed by atoms with Crippen molar-refractivity contribution in [3.05, 3.63) is 130 Å². The molecule has 6 nitrogen and oxygen atoms in total. The molecule has 0 bridgehead atoms. The Morgan fingerprint density at radius 1 is 0.805 bits per heavy atom. The van der Waals surface area contributed by atoms with Crippen molar-refractivity contribution < 1.29 is 14.4 Å². The highest BCUT2D eigenvalue weighted by atomic mass is 35.5. The average molecular weight is 584 g/mol. The van der Waals surface area contributed by atoms with Gasteiger partial charge in [0.2, 0.25) is 5.91 Å². The Labute approximate surface area is 249 Å². The predicted molar refractivity (Wildman–Crippen MR) is 168 cm³/mol. The topological polar surface area (TPSA) is 87.3 Å². The largest absolute Gasteiger partial charge is 0.325 e. The van der Waals surface area contributed by atoms with E-state index in [1.807, 2.05) is 69.3 Å². The van der Waals surface area contributed by atoms with Gasteiger partial charge in [-0.25, -0.2) is 0 Å². The molecule has 0 aliphatic carbocycles. The summed E-state index contributed by atoms with van der Waals surface area (Å²) in [7, 11) is 0. The van der Waals surface area contributed by atoms with Crippen LogP contribution in [-0.4, -0.2) is 23.0 Å². The maximum Gasteiger partial charge on any atom is 0.272 e. The number of hydrogen-bond donors (Lipinski definition) is 3. The van der Waals surface area contributed by atoms with Gasteiger partial charge >= 0.3 is 0 Å². The minimum atomic E-state index is -0.456. The van der Waals surface area contributed by atoms with Crippen LogP contribution in [0.2, 0.25) is 5.02 Å². The smallest absolute Gasteiger partial charge is 0.272 e. The highest BCUT2D eigenvalue weighted by Gasteiger charge is 2.17. The Morgan fingerprint density at radius 3 is 2.20 bits per heavy atom. The zero-order valence-electron chi connectivity index (χ0n) is 22.9. The van der Waals surface area contributed by atoms with Crippen LogP contribution in [0, 0.1) is 13.8 Å². The fraction of sp³-hybridized carbons (Fsp3) is 0.121. The lowest BCUT2D eigenvalue weighted by molar-refractivity contribution is -0.115. The molecule has 4 aromatic rings. The first-order valence-corrected chi connectivity index (χ1v) is 14.2. The Balaban J connectivity index is 1.44. The van der Waals surface area contributed by atoms with E-state index in [0.717, 1.165) is 21.6 Å². The van der Waals surface area contributed by atoms with E-state index in [-0.39, 0.29) is 22.8 Å². The summed E-state index contributed by atoms with van der Waals surface area (Å²) in [4.78, 5) is 39.8. The Kier molecular flexibility index (Phi) is 10.0. The summed E-state index contributed by atoms with van der Waals surface area (Å²) in [6.45, 7) is 5.67. The van der Waals surface area contributed by atoms with Crippen LogP contribution >= 0.6 is 23.4 Å². The van der Waals surface area contributed by atoms with Crippen LogP contribution in [-0.2, 0) is 9.59 Å². The number of halogens is 1. The molecule has 8 heteroatoms. The van der Waals surface area contributed by atoms with E-state index in [1.54, 1.807) is 54.6 Å². The van der Waals surface area contributed by atoms with E-state index in [2.05, 4.69) is 16.0 Å². The number of carbonyl (C=O) groups is 3. The van der Waals surface area contributed by atoms with Gasteiger partial charge < -0.3 is 16.0 Å². The molecule has 0 fully saturated rings. The number of hydrogen-bond acceptors (Lipinski definition) is 4. The van der Waals surface area contributed by atoms with E-state index in [4.69, 9.17) is 11.6 Å². The van der Waals surface area contributed by atoms with Crippen molar-refractivity contribution in [2.45, 2.75) is 30.9 Å². The van der Waals surface area contributed by atoms with Crippen LogP contribution < -0.4 is 16.0 Å². The number of rotatable bonds is 9. The van der Waals surface area contributed by atoms with Gasteiger partial charge in [-0.3, -0.25) is 14.4 Å². The van der Waals surface area contributed by atoms with Crippen LogP contribution in [0.5, 0.6) is 0 Å². The monoisotopic (exact) mass is 583 g/mol. The Morgan fingerprint density at radius 2 is 1.49 bits per heavy atom. The maximum absolute atomic E-state index is 13.3. The van der Waals surface area contributed by atoms with Crippen LogP contribution in [0.3, 0.4) is 0 Å². The highest BCUT2D eigenvalue weighted by Crippen LogP contribution is 2.27. The molecule has 0 spiro atoms. The highest BCUT2D eigenvalue weighted by molar-refractivity contribution is 8.00. The van der Waals surface area contributed by atoms with Crippen molar-refractivity contribution in [1.29, 1.82) is 0 Å². The van der Waals surface area contributed by atoms with Gasteiger partial charge in [0.25, 0.3) is 11.8 Å². The summed E-state index contributed by atoms with van der Waals surface area (Å²) >= 11 is 7.47. The number of anilines is 2. The number of amides is 3. The fourth-order valence-corrected chi connectivity index (χ4v) is 4.92. The van der Waals surface area contributed by atoms with Gasteiger partial charge in [0, 0.05) is 26.9 Å². The molecule has 0 heterocycles. The third-order valence-corrected chi connectivity index (χ3v) is 7.62. The maximum atomic E-state index is 13.3. The first kappa shape index (κ1) is 29.6. The van der Waals surface area contributed by atoms with Crippen LogP contribution in [0.1, 0.15) is 34.0 Å². The Hall–Kier alpha value is -4.33. The van der Waals surface area contributed by atoms with Crippen LogP contribution in [0.15, 0.2) is 108 Å². The van der Waals surface area contributed by atoms with E-state index < -0.39 is 5.91 Å². The predicted octanol–water partition coefficient (Wildman–Crippen LogP) is 7.49. The summed E-state index contributed by atoms with van der Waals surface area (Å²) in [5.41, 5.74) is 4.51. The molecular formula is C33H30ClN3O3S. The zero-order chi connectivity index (χ0) is 29.4. The minimum absolute atomic E-state index is 0.119. The SMILES string of the molecule is Cc1ccccc1/C=C(\NC(=O)c1ccccc1)C(=O)Nc1ccc(SC(C)C(=O)Nc2cc(Cl)ccc2C)cc1. The van der Waals surface area contributed by atoms with Crippen molar-refractivity contribution in [2.75, 3.05) is 10.6 Å². The lowest BCUT2D eigenvalue weighted by Gasteiger charge is -2.15. The van der Waals surface area contributed by atoms with Crippen molar-refractivity contribution in [3.63, 3.8) is 0 Å². The van der Waals surface area contributed by atoms with Gasteiger partial charge in [-0.15, -0.1) is 11.8 Å². The molecule has 1 atom stereocenters. The second kappa shape index (κ2) is 13.8. The third-order valence-electron chi connectivity index (χ3n) is 6.27. The normalized spacial score (nSPS) is 11.9. The number of thioether (sulfide) groups is 1. The summed E-state index contributed by atoms with van der Waals surface area (Å²) in [5, 5.41) is 8.74. The zero-order valence-corrected chi connectivity index (χ0v) is 24.5. The average Bonchev–Trinajstić information content (AvgIpc) is 2.97. The molecule has 0 saturated heterocycles. The summed E-state index contributed by atoms with van der Waals surface area (Å²) < 4.78 is 0. The van der Waals surface area contributed by atoms with Crippen molar-refractivity contribution >= 4 is 58.5 Å². The van der Waals surface area contributed by atoms with E-state index in [1.165, 1.54) is 11.8 Å². The quantitative estimate of drug-likeness (QED) is 0.141. The molecule has 4 rings (SSSR count). The van der Waals surface area contributed by atoms with Gasteiger partial charge in [0.05, 0.1) is 5.25 Å². The Bertz CT molecular complexity index is 1590. The van der Waals surface area contributed by atoms with Gasteiger partial charge in [-0.2, -0.15) is 0 Å². The van der Waals surface area contributed by atoms with Gasteiger partial charge in [-0.1, -0.05) is 60.1 Å². The standard InChI is InChI=1S/C33H30ClN3O3S/c1-21-9-7-8-12-25(21)19-30(37-32(39)24-10-5-4-6-11-24)33(40)35-27-15-17-28(18-16-27)41-23(3)31(38)36-29-20-26(34)14-13-22(29)2/h4-20,23H,1-3H3,(H,35,40)(H,36,38)(H,37,39)/b30-19-. The molecule has 0 radical (unpaired) electrons. The van der Waals surface area contributed by atoms with Crippen LogP contribution in [0.25, 0.3) is 6.08 Å². The molecule has 0 aliphatic rings. The number of nitrogens with one attached hydrogen (secondary N) is 3. The lowest BCUT2D eigenvalue weighted by atomic mass is 10.1. The summed E-state index contributed by atoms with van der Waals surface area (Å²) in [6, 6.07) is 28.9. The molecule has 3 amide bonds. The van der Waals surface area contributed by atoms with E-state index in [0.29, 0.717) is 22.0 Å².